The maximum atomic E-state index is 15.4. The zero-order chi connectivity index (χ0) is 15.6. The molecule has 1 aromatic rings. The predicted octanol–water partition coefficient (Wildman–Crippen LogP) is 2.65. The molecule has 1 aliphatic heterocycles. The van der Waals surface area contributed by atoms with Gasteiger partial charge in [-0.3, -0.25) is 4.79 Å². The minimum atomic E-state index is -1.82. The lowest BCUT2D eigenvalue weighted by Crippen LogP contribution is -2.48. The van der Waals surface area contributed by atoms with Crippen LogP contribution in [0.15, 0.2) is 12.3 Å². The van der Waals surface area contributed by atoms with E-state index >= 15 is 4.39 Å². The van der Waals surface area contributed by atoms with Gasteiger partial charge < -0.3 is 4.90 Å². The number of pyridine rings is 1. The van der Waals surface area contributed by atoms with Gasteiger partial charge in [-0.1, -0.05) is 12.8 Å². The summed E-state index contributed by atoms with van der Waals surface area (Å²) in [7, 11) is 0. The van der Waals surface area contributed by atoms with Gasteiger partial charge >= 0.3 is 0 Å². The van der Waals surface area contributed by atoms with Gasteiger partial charge in [-0.2, -0.15) is 4.39 Å². The van der Waals surface area contributed by atoms with Crippen LogP contribution in [0, 0.1) is 23.7 Å². The number of nitrogens with zero attached hydrogens (tertiary/aromatic N) is 2. The summed E-state index contributed by atoms with van der Waals surface area (Å²) in [5, 5.41) is 0. The molecule has 1 aliphatic rings. The zero-order valence-electron chi connectivity index (χ0n) is 12.4. The molecular weight excluding hydrogens is 274 g/mol. The third-order valence-corrected chi connectivity index (χ3v) is 4.02. The van der Waals surface area contributed by atoms with Crippen molar-refractivity contribution in [3.63, 3.8) is 0 Å². The summed E-state index contributed by atoms with van der Waals surface area (Å²) in [6.07, 6.45) is 1.36. The van der Waals surface area contributed by atoms with Crippen molar-refractivity contribution in [3.8, 4) is 11.8 Å². The van der Waals surface area contributed by atoms with E-state index in [-0.39, 0.29) is 31.0 Å². The van der Waals surface area contributed by atoms with E-state index in [1.807, 2.05) is 0 Å². The first-order valence-corrected chi connectivity index (χ1v) is 6.91. The zero-order valence-corrected chi connectivity index (χ0v) is 12.4. The summed E-state index contributed by atoms with van der Waals surface area (Å²) in [4.78, 5) is 16.6. The summed E-state index contributed by atoms with van der Waals surface area (Å²) in [5.41, 5.74) is -1.39. The number of likely N-dealkylation sites (tertiary alicyclic amines) is 1. The van der Waals surface area contributed by atoms with Crippen LogP contribution in [0.3, 0.4) is 0 Å². The predicted molar refractivity (Wildman–Crippen MR) is 75.6 cm³/mol. The molecule has 1 amide bonds. The van der Waals surface area contributed by atoms with E-state index in [4.69, 9.17) is 0 Å². The normalized spacial score (nSPS) is 25.2. The Balaban J connectivity index is 2.37. The van der Waals surface area contributed by atoms with Crippen LogP contribution in [0.25, 0.3) is 0 Å². The van der Waals surface area contributed by atoms with E-state index in [0.29, 0.717) is 5.56 Å². The van der Waals surface area contributed by atoms with Crippen molar-refractivity contribution in [3.05, 3.63) is 29.3 Å². The molecule has 1 fully saturated rings. The Morgan fingerprint density at radius 1 is 1.57 bits per heavy atom. The first kappa shape index (κ1) is 15.4. The summed E-state index contributed by atoms with van der Waals surface area (Å²) < 4.78 is 29.3. The number of amides is 1. The molecule has 0 unspecified atom stereocenters. The van der Waals surface area contributed by atoms with Gasteiger partial charge in [-0.05, 0) is 13.0 Å². The number of piperidine rings is 1. The Labute approximate surface area is 123 Å². The fraction of sp³-hybridized carbons (Fsp3) is 0.500. The molecule has 0 aliphatic carbocycles. The van der Waals surface area contributed by atoms with E-state index in [2.05, 4.69) is 16.8 Å². The average Bonchev–Trinajstić information content (AvgIpc) is 2.44. The number of rotatable bonds is 1. The van der Waals surface area contributed by atoms with Gasteiger partial charge in [0.2, 0.25) is 11.9 Å². The SMILES string of the molecule is CC#Cc1cnc(F)c([C@@]2(F)CCN(C(C)=O)C[C@@H]2C)c1. The third kappa shape index (κ3) is 2.90. The Kier molecular flexibility index (Phi) is 4.26. The highest BCUT2D eigenvalue weighted by atomic mass is 19.1. The second-order valence-electron chi connectivity index (χ2n) is 5.42. The van der Waals surface area contributed by atoms with Gasteiger partial charge in [-0.25, -0.2) is 9.37 Å². The standard InChI is InChI=1S/C16H18F2N2O/c1-4-5-13-8-14(15(17)19-9-13)16(18)6-7-20(12(3)21)10-11(16)2/h8-9,11H,6-7,10H2,1-3H3/t11-,16+/m0/s1. The van der Waals surface area contributed by atoms with Crippen LogP contribution in [-0.4, -0.2) is 28.9 Å². The summed E-state index contributed by atoms with van der Waals surface area (Å²) >= 11 is 0. The molecule has 1 saturated heterocycles. The van der Waals surface area contributed by atoms with Crippen molar-refractivity contribution in [2.24, 2.45) is 5.92 Å². The molecule has 2 rings (SSSR count). The maximum absolute atomic E-state index is 15.4. The monoisotopic (exact) mass is 292 g/mol. The molecule has 0 bridgehead atoms. The lowest BCUT2D eigenvalue weighted by Gasteiger charge is -2.41. The van der Waals surface area contributed by atoms with Crippen molar-refractivity contribution < 1.29 is 13.6 Å². The molecule has 0 saturated carbocycles. The number of hydrogen-bond donors (Lipinski definition) is 0. The number of alkyl halides is 1. The molecule has 0 aromatic carbocycles. The van der Waals surface area contributed by atoms with Crippen LogP contribution >= 0.6 is 0 Å². The van der Waals surface area contributed by atoms with Gasteiger partial charge in [0.1, 0.15) is 5.67 Å². The molecule has 2 heterocycles. The van der Waals surface area contributed by atoms with Crippen LogP contribution in [0.1, 0.15) is 38.3 Å². The second-order valence-corrected chi connectivity index (χ2v) is 5.42. The Bertz CT molecular complexity index is 620. The molecule has 3 nitrogen and oxygen atoms in total. The van der Waals surface area contributed by atoms with E-state index < -0.39 is 17.5 Å². The lowest BCUT2D eigenvalue weighted by molar-refractivity contribution is -0.133. The largest absolute Gasteiger partial charge is 0.342 e. The van der Waals surface area contributed by atoms with E-state index in [9.17, 15) is 9.18 Å². The van der Waals surface area contributed by atoms with Crippen LogP contribution in [-0.2, 0) is 10.5 Å². The summed E-state index contributed by atoms with van der Waals surface area (Å²) in [6, 6.07) is 1.43. The second kappa shape index (κ2) is 5.80. The molecule has 21 heavy (non-hydrogen) atoms. The average molecular weight is 292 g/mol. The third-order valence-electron chi connectivity index (χ3n) is 4.02. The number of hydrogen-bond acceptors (Lipinski definition) is 2. The van der Waals surface area contributed by atoms with Gasteiger partial charge in [0.15, 0.2) is 0 Å². The molecule has 0 radical (unpaired) electrons. The van der Waals surface area contributed by atoms with E-state index in [1.54, 1.807) is 18.7 Å². The topological polar surface area (TPSA) is 33.2 Å². The molecule has 2 atom stereocenters. The van der Waals surface area contributed by atoms with Crippen molar-refractivity contribution in [2.75, 3.05) is 13.1 Å². The smallest absolute Gasteiger partial charge is 0.219 e. The van der Waals surface area contributed by atoms with Gasteiger partial charge in [0.05, 0.1) is 0 Å². The van der Waals surface area contributed by atoms with Gasteiger partial charge in [-0.15, -0.1) is 5.92 Å². The quantitative estimate of drug-likeness (QED) is 0.589. The van der Waals surface area contributed by atoms with Crippen LogP contribution in [0.4, 0.5) is 8.78 Å². The van der Waals surface area contributed by atoms with Crippen LogP contribution in [0.5, 0.6) is 0 Å². The first-order chi connectivity index (χ1) is 9.88. The molecule has 112 valence electrons. The summed E-state index contributed by atoms with van der Waals surface area (Å²) in [5.74, 6) is 4.06. The van der Waals surface area contributed by atoms with Crippen molar-refractivity contribution >= 4 is 5.91 Å². The van der Waals surface area contributed by atoms with Crippen LogP contribution in [0.2, 0.25) is 0 Å². The highest BCUT2D eigenvalue weighted by Gasteiger charge is 2.45. The maximum Gasteiger partial charge on any atom is 0.219 e. The summed E-state index contributed by atoms with van der Waals surface area (Å²) in [6.45, 7) is 5.35. The van der Waals surface area contributed by atoms with Crippen molar-refractivity contribution in [1.29, 1.82) is 0 Å². The van der Waals surface area contributed by atoms with Gasteiger partial charge in [0.25, 0.3) is 0 Å². The lowest BCUT2D eigenvalue weighted by atomic mass is 9.78. The van der Waals surface area contributed by atoms with Crippen molar-refractivity contribution in [1.82, 2.24) is 9.88 Å². The molecular formula is C16H18F2N2O. The minimum Gasteiger partial charge on any atom is -0.342 e. The fourth-order valence-corrected chi connectivity index (χ4v) is 2.75. The van der Waals surface area contributed by atoms with Gasteiger partial charge in [0, 0.05) is 49.7 Å². The Morgan fingerprint density at radius 3 is 2.86 bits per heavy atom. The highest BCUT2D eigenvalue weighted by Crippen LogP contribution is 2.42. The minimum absolute atomic E-state index is 0.0570. The Hall–Kier alpha value is -1.96. The molecule has 0 N–H and O–H groups in total. The first-order valence-electron chi connectivity index (χ1n) is 6.91. The van der Waals surface area contributed by atoms with E-state index in [0.717, 1.165) is 0 Å². The molecule has 1 aromatic heterocycles. The fourth-order valence-electron chi connectivity index (χ4n) is 2.75. The molecule has 5 heteroatoms. The van der Waals surface area contributed by atoms with E-state index in [1.165, 1.54) is 19.2 Å². The van der Waals surface area contributed by atoms with Crippen LogP contribution < -0.4 is 0 Å². The number of halogens is 2. The van der Waals surface area contributed by atoms with Crippen molar-refractivity contribution in [2.45, 2.75) is 32.9 Å². The number of carbonyl (C=O) groups excluding carboxylic acids is 1. The highest BCUT2D eigenvalue weighted by molar-refractivity contribution is 5.73. The Morgan fingerprint density at radius 2 is 2.29 bits per heavy atom. The number of aromatic nitrogens is 1. The molecule has 0 spiro atoms. The number of carbonyl (C=O) groups is 1.